The van der Waals surface area contributed by atoms with Crippen molar-refractivity contribution in [3.8, 4) is 11.5 Å². The maximum Gasteiger partial charge on any atom is 0.447 e. The van der Waals surface area contributed by atoms with Gasteiger partial charge in [-0.05, 0) is 23.2 Å². The summed E-state index contributed by atoms with van der Waals surface area (Å²) in [6.07, 6.45) is -3.26. The van der Waals surface area contributed by atoms with Gasteiger partial charge in [-0.15, -0.1) is 0 Å². The first kappa shape index (κ1) is 20.5. The second-order valence-corrected chi connectivity index (χ2v) is 7.35. The fourth-order valence-electron chi connectivity index (χ4n) is 2.35. The Morgan fingerprint density at radius 1 is 1.11 bits per heavy atom. The largest absolute Gasteiger partial charge is 0.768 e. The third-order valence-corrected chi connectivity index (χ3v) is 4.87. The van der Waals surface area contributed by atoms with E-state index >= 15 is 0 Å². The van der Waals surface area contributed by atoms with E-state index in [0.717, 1.165) is 12.3 Å². The van der Waals surface area contributed by atoms with Crippen molar-refractivity contribution in [1.29, 1.82) is 0 Å². The number of imidazole rings is 1. The maximum absolute atomic E-state index is 12.8. The van der Waals surface area contributed by atoms with Gasteiger partial charge in [0.15, 0.2) is 5.82 Å². The van der Waals surface area contributed by atoms with Crippen molar-refractivity contribution in [2.45, 2.75) is 21.6 Å². The fourth-order valence-corrected chi connectivity index (χ4v) is 3.39. The van der Waals surface area contributed by atoms with Crippen LogP contribution in [0.25, 0.3) is 22.6 Å². The minimum absolute atomic E-state index is 0.0450. The zero-order valence-electron chi connectivity index (χ0n) is 13.5. The molecule has 0 aliphatic carbocycles. The van der Waals surface area contributed by atoms with E-state index in [9.17, 15) is 35.1 Å². The van der Waals surface area contributed by atoms with Crippen LogP contribution in [-0.4, -0.2) is 33.8 Å². The molecule has 3 aromatic rings. The van der Waals surface area contributed by atoms with Crippen LogP contribution in [0.4, 0.5) is 26.3 Å². The van der Waals surface area contributed by atoms with Crippen molar-refractivity contribution in [2.75, 3.05) is 0 Å². The van der Waals surface area contributed by atoms with E-state index in [1.807, 2.05) is 0 Å². The summed E-state index contributed by atoms with van der Waals surface area (Å²) in [6, 6.07) is 1.45. The van der Waals surface area contributed by atoms with E-state index in [4.69, 9.17) is 0 Å². The third kappa shape index (κ3) is 4.12. The van der Waals surface area contributed by atoms with Gasteiger partial charge < -0.3 is 9.12 Å². The second-order valence-electron chi connectivity index (χ2n) is 5.36. The number of pyridine rings is 2. The molecule has 6 nitrogen and oxygen atoms in total. The Bertz CT molecular complexity index is 1080. The molecule has 0 saturated heterocycles. The number of halogens is 6. The van der Waals surface area contributed by atoms with Crippen LogP contribution >= 0.6 is 11.8 Å². The Balaban J connectivity index is 2.15. The molecule has 0 radical (unpaired) electrons. The molecule has 0 bridgehead atoms. The van der Waals surface area contributed by atoms with Crippen molar-refractivity contribution in [2.24, 2.45) is 7.05 Å². The van der Waals surface area contributed by atoms with Crippen LogP contribution in [0.2, 0.25) is 0 Å². The standard InChI is InChI=1S/C14H8F6N4O2S2/c1-24-8-5-21-10(27-14(18,19)20)3-7(8)23-12(24)11-9(28(25)26)2-6(4-22-11)13(15,16)17/h2-5H,1H3,(H,25,26)/p-1. The molecule has 0 aromatic carbocycles. The summed E-state index contributed by atoms with van der Waals surface area (Å²) in [5.74, 6) is -0.140. The van der Waals surface area contributed by atoms with Crippen LogP contribution in [0.1, 0.15) is 5.56 Å². The molecule has 0 saturated carbocycles. The minimum Gasteiger partial charge on any atom is -0.768 e. The number of alkyl halides is 6. The first-order chi connectivity index (χ1) is 12.9. The average molecular weight is 441 g/mol. The molecular formula is C14H7F6N4O2S2-. The van der Waals surface area contributed by atoms with E-state index in [0.29, 0.717) is 12.3 Å². The average Bonchev–Trinajstić information content (AvgIpc) is 2.88. The highest BCUT2D eigenvalue weighted by Crippen LogP contribution is 2.37. The Labute approximate surface area is 159 Å². The minimum atomic E-state index is -4.81. The highest BCUT2D eigenvalue weighted by molar-refractivity contribution is 8.00. The van der Waals surface area contributed by atoms with Crippen molar-refractivity contribution in [1.82, 2.24) is 19.5 Å². The molecule has 0 fully saturated rings. The van der Waals surface area contributed by atoms with Gasteiger partial charge in [-0.3, -0.25) is 9.19 Å². The summed E-state index contributed by atoms with van der Waals surface area (Å²) in [7, 11) is 1.40. The van der Waals surface area contributed by atoms with Crippen LogP contribution in [-0.2, 0) is 24.3 Å². The number of nitrogens with zero attached hydrogens (tertiary/aromatic N) is 4. The normalized spacial score (nSPS) is 13.9. The summed E-state index contributed by atoms with van der Waals surface area (Å²) in [4.78, 5) is 10.5. The smallest absolute Gasteiger partial charge is 0.447 e. The lowest BCUT2D eigenvalue weighted by Gasteiger charge is -2.14. The Hall–Kier alpha value is -2.19. The number of aromatic nitrogens is 4. The van der Waals surface area contributed by atoms with E-state index < -0.39 is 50.0 Å². The Kier molecular flexibility index (Phi) is 5.14. The lowest BCUT2D eigenvalue weighted by Crippen LogP contribution is -2.09. The lowest BCUT2D eigenvalue weighted by molar-refractivity contribution is -0.138. The van der Waals surface area contributed by atoms with Crippen molar-refractivity contribution < 1.29 is 35.1 Å². The summed E-state index contributed by atoms with van der Waals surface area (Å²) >= 11 is -3.53. The molecule has 3 heterocycles. The molecule has 1 unspecified atom stereocenters. The highest BCUT2D eigenvalue weighted by Gasteiger charge is 2.33. The Morgan fingerprint density at radius 2 is 1.79 bits per heavy atom. The van der Waals surface area contributed by atoms with Crippen molar-refractivity contribution >= 4 is 33.9 Å². The molecule has 150 valence electrons. The predicted molar refractivity (Wildman–Crippen MR) is 85.8 cm³/mol. The molecule has 0 amide bonds. The first-order valence-electron chi connectivity index (χ1n) is 7.12. The van der Waals surface area contributed by atoms with Gasteiger partial charge in [0.05, 0.1) is 27.7 Å². The van der Waals surface area contributed by atoms with Crippen molar-refractivity contribution in [3.05, 3.63) is 30.1 Å². The molecule has 0 aliphatic heterocycles. The van der Waals surface area contributed by atoms with Gasteiger partial charge >= 0.3 is 11.7 Å². The van der Waals surface area contributed by atoms with Crippen molar-refractivity contribution in [3.63, 3.8) is 0 Å². The molecule has 0 aliphatic rings. The number of aryl methyl sites for hydroxylation is 1. The quantitative estimate of drug-likeness (QED) is 0.348. The van der Waals surface area contributed by atoms with Gasteiger partial charge in [-0.1, -0.05) is 0 Å². The van der Waals surface area contributed by atoms with Gasteiger partial charge in [0.2, 0.25) is 0 Å². The fraction of sp³-hybridized carbons (Fsp3) is 0.214. The monoisotopic (exact) mass is 441 g/mol. The molecule has 0 N–H and O–H groups in total. The van der Waals surface area contributed by atoms with E-state index in [1.54, 1.807) is 0 Å². The summed E-state index contributed by atoms with van der Waals surface area (Å²) in [5.41, 5.74) is -5.92. The van der Waals surface area contributed by atoms with Gasteiger partial charge in [0.25, 0.3) is 0 Å². The zero-order valence-corrected chi connectivity index (χ0v) is 15.1. The number of fused-ring (bicyclic) bond motifs is 1. The molecule has 0 spiro atoms. The van der Waals surface area contributed by atoms with Crippen LogP contribution in [0.3, 0.4) is 0 Å². The second kappa shape index (κ2) is 7.00. The first-order valence-corrected chi connectivity index (χ1v) is 9.01. The zero-order chi connectivity index (χ0) is 20.9. The molecule has 28 heavy (non-hydrogen) atoms. The summed E-state index contributed by atoms with van der Waals surface area (Å²) in [6.45, 7) is 0. The van der Waals surface area contributed by atoms with E-state index in [2.05, 4.69) is 15.0 Å². The van der Waals surface area contributed by atoms with E-state index in [1.165, 1.54) is 11.6 Å². The van der Waals surface area contributed by atoms with Gasteiger partial charge in [0.1, 0.15) is 10.7 Å². The van der Waals surface area contributed by atoms with E-state index in [-0.39, 0.29) is 22.6 Å². The predicted octanol–water partition coefficient (Wildman–Crippen LogP) is 3.90. The molecular weight excluding hydrogens is 434 g/mol. The molecule has 3 rings (SSSR count). The third-order valence-electron chi connectivity index (χ3n) is 3.53. The molecule has 3 aromatic heterocycles. The van der Waals surface area contributed by atoms with Gasteiger partial charge in [-0.25, -0.2) is 9.97 Å². The maximum atomic E-state index is 12.8. The SMILES string of the molecule is Cn1c(-c2ncc(C(F)(F)F)cc2S(=O)[O-])nc2cc(SC(F)(F)F)ncc21. The van der Waals surface area contributed by atoms with Gasteiger partial charge in [-0.2, -0.15) is 26.3 Å². The number of hydrogen-bond acceptors (Lipinski definition) is 6. The number of rotatable bonds is 3. The van der Waals surface area contributed by atoms with Crippen LogP contribution < -0.4 is 0 Å². The number of thioether (sulfide) groups is 1. The highest BCUT2D eigenvalue weighted by atomic mass is 32.2. The summed E-state index contributed by atoms with van der Waals surface area (Å²) < 4.78 is 100. The van der Waals surface area contributed by atoms with Crippen LogP contribution in [0.15, 0.2) is 34.4 Å². The Morgan fingerprint density at radius 3 is 2.36 bits per heavy atom. The van der Waals surface area contributed by atoms with Gasteiger partial charge in [0, 0.05) is 25.0 Å². The summed E-state index contributed by atoms with van der Waals surface area (Å²) in [5, 5.41) is -0.391. The topological polar surface area (TPSA) is 83.7 Å². The van der Waals surface area contributed by atoms with Crippen LogP contribution in [0.5, 0.6) is 0 Å². The molecule has 1 atom stereocenters. The lowest BCUT2D eigenvalue weighted by atomic mass is 10.2. The number of hydrogen-bond donors (Lipinski definition) is 0. The van der Waals surface area contributed by atoms with Crippen LogP contribution in [0, 0.1) is 0 Å². The molecule has 14 heteroatoms.